The van der Waals surface area contributed by atoms with Gasteiger partial charge < -0.3 is 4.74 Å². The molecule has 0 spiro atoms. The molecule has 0 radical (unpaired) electrons. The van der Waals surface area contributed by atoms with E-state index in [1.54, 1.807) is 6.20 Å². The maximum atomic E-state index is 5.29. The van der Waals surface area contributed by atoms with E-state index in [0.717, 1.165) is 42.8 Å². The van der Waals surface area contributed by atoms with Crippen LogP contribution < -0.4 is 10.1 Å². The van der Waals surface area contributed by atoms with Gasteiger partial charge in [0.25, 0.3) is 0 Å². The first-order valence-corrected chi connectivity index (χ1v) is 6.28. The van der Waals surface area contributed by atoms with Gasteiger partial charge in [0.05, 0.1) is 23.8 Å². The van der Waals surface area contributed by atoms with Crippen molar-refractivity contribution in [2.75, 3.05) is 26.3 Å². The lowest BCUT2D eigenvalue weighted by Gasteiger charge is -2.29. The van der Waals surface area contributed by atoms with E-state index in [-0.39, 0.29) is 0 Å². The third-order valence-electron chi connectivity index (χ3n) is 2.53. The van der Waals surface area contributed by atoms with Gasteiger partial charge in [-0.15, -0.1) is 0 Å². The van der Waals surface area contributed by atoms with Gasteiger partial charge in [0.1, 0.15) is 0 Å². The van der Waals surface area contributed by atoms with E-state index < -0.39 is 0 Å². The highest BCUT2D eigenvalue weighted by molar-refractivity contribution is 7.98. The van der Waals surface area contributed by atoms with Crippen molar-refractivity contribution in [1.29, 1.82) is 0 Å². The number of morpholine rings is 1. The van der Waals surface area contributed by atoms with Crippen molar-refractivity contribution in [2.24, 2.45) is 4.99 Å². The molecule has 0 bridgehead atoms. The first-order chi connectivity index (χ1) is 8.42. The summed E-state index contributed by atoms with van der Waals surface area (Å²) in [5.74, 6) is 0.760. The van der Waals surface area contributed by atoms with E-state index in [2.05, 4.69) is 25.1 Å². The average molecular weight is 251 g/mol. The topological polar surface area (TPSA) is 61.8 Å². The van der Waals surface area contributed by atoms with Gasteiger partial charge in [-0.3, -0.25) is 15.1 Å². The summed E-state index contributed by atoms with van der Waals surface area (Å²) >= 11 is 1.52. The van der Waals surface area contributed by atoms with Crippen molar-refractivity contribution in [1.82, 2.24) is 20.1 Å². The number of aliphatic imine (C=N–C) groups is 1. The van der Waals surface area contributed by atoms with Crippen molar-refractivity contribution in [3.63, 3.8) is 0 Å². The summed E-state index contributed by atoms with van der Waals surface area (Å²) in [6, 6.07) is 1.91. The maximum absolute atomic E-state index is 5.29. The van der Waals surface area contributed by atoms with Crippen LogP contribution in [0.3, 0.4) is 0 Å². The molecule has 3 rings (SSSR count). The number of nitrogens with one attached hydrogen (secondary N) is 2. The summed E-state index contributed by atoms with van der Waals surface area (Å²) < 4.78 is 8.45. The SMILES string of the molecule is c1cc2c(cn1)SNC(NN1CCOCC1)=N2. The Morgan fingerprint density at radius 3 is 3.18 bits per heavy atom. The Morgan fingerprint density at radius 1 is 1.41 bits per heavy atom. The highest BCUT2D eigenvalue weighted by Crippen LogP contribution is 2.29. The minimum Gasteiger partial charge on any atom is -0.379 e. The van der Waals surface area contributed by atoms with Crippen LogP contribution in [0.25, 0.3) is 0 Å². The largest absolute Gasteiger partial charge is 0.379 e. The van der Waals surface area contributed by atoms with Crippen molar-refractivity contribution >= 4 is 23.6 Å². The first-order valence-electron chi connectivity index (χ1n) is 5.47. The molecule has 0 atom stereocenters. The Kier molecular flexibility index (Phi) is 3.12. The van der Waals surface area contributed by atoms with E-state index in [9.17, 15) is 0 Å². The minimum absolute atomic E-state index is 0.758. The predicted molar refractivity (Wildman–Crippen MR) is 65.9 cm³/mol. The average Bonchev–Trinajstić information content (AvgIpc) is 2.40. The molecule has 0 amide bonds. The van der Waals surface area contributed by atoms with E-state index >= 15 is 0 Å². The highest BCUT2D eigenvalue weighted by Gasteiger charge is 2.16. The molecule has 1 saturated heterocycles. The molecular weight excluding hydrogens is 238 g/mol. The Bertz CT molecular complexity index is 432. The van der Waals surface area contributed by atoms with Crippen LogP contribution >= 0.6 is 11.9 Å². The summed E-state index contributed by atoms with van der Waals surface area (Å²) in [5, 5.41) is 2.10. The zero-order valence-corrected chi connectivity index (χ0v) is 10.0. The molecule has 7 heteroatoms. The molecule has 2 N–H and O–H groups in total. The molecule has 3 heterocycles. The smallest absolute Gasteiger partial charge is 0.221 e. The summed E-state index contributed by atoms with van der Waals surface area (Å²) in [6.07, 6.45) is 3.56. The predicted octanol–water partition coefficient (Wildman–Crippen LogP) is 0.516. The third-order valence-corrected chi connectivity index (χ3v) is 3.36. The van der Waals surface area contributed by atoms with Crippen molar-refractivity contribution in [3.05, 3.63) is 18.5 Å². The number of aromatic nitrogens is 1. The molecule has 1 fully saturated rings. The van der Waals surface area contributed by atoms with Gasteiger partial charge in [-0.05, 0) is 18.0 Å². The Balaban J connectivity index is 1.70. The molecule has 90 valence electrons. The fourth-order valence-electron chi connectivity index (χ4n) is 1.66. The number of nitrogens with zero attached hydrogens (tertiary/aromatic N) is 3. The lowest BCUT2D eigenvalue weighted by Crippen LogP contribution is -2.51. The number of hydrogen-bond donors (Lipinski definition) is 2. The molecule has 0 aromatic carbocycles. The fraction of sp³-hybridized carbons (Fsp3) is 0.400. The lowest BCUT2D eigenvalue weighted by atomic mass is 10.4. The third kappa shape index (κ3) is 2.51. The van der Waals surface area contributed by atoms with Gasteiger partial charge in [0.2, 0.25) is 5.96 Å². The van der Waals surface area contributed by atoms with Gasteiger partial charge in [-0.1, -0.05) is 0 Å². The molecule has 0 saturated carbocycles. The Hall–Kier alpha value is -1.31. The molecule has 17 heavy (non-hydrogen) atoms. The van der Waals surface area contributed by atoms with Crippen LogP contribution in [0, 0.1) is 0 Å². The molecular formula is C10H13N5OS. The van der Waals surface area contributed by atoms with Crippen LogP contribution in [0.2, 0.25) is 0 Å². The summed E-state index contributed by atoms with van der Waals surface area (Å²) in [5.41, 5.74) is 4.19. The molecule has 6 nitrogen and oxygen atoms in total. The molecule has 0 unspecified atom stereocenters. The first kappa shape index (κ1) is 10.8. The monoisotopic (exact) mass is 251 g/mol. The van der Waals surface area contributed by atoms with Gasteiger partial charge in [0, 0.05) is 25.5 Å². The second-order valence-corrected chi connectivity index (χ2v) is 4.57. The van der Waals surface area contributed by atoms with Crippen molar-refractivity contribution < 1.29 is 4.74 Å². The van der Waals surface area contributed by atoms with E-state index in [4.69, 9.17) is 4.74 Å². The van der Waals surface area contributed by atoms with Gasteiger partial charge in [0.15, 0.2) is 0 Å². The number of ether oxygens (including phenoxy) is 1. The van der Waals surface area contributed by atoms with Gasteiger partial charge in [-0.2, -0.15) is 0 Å². The zero-order chi connectivity index (χ0) is 11.5. The summed E-state index contributed by atoms with van der Waals surface area (Å²) in [4.78, 5) is 9.59. The standard InChI is InChI=1S/C10H13N5OS/c1-2-11-7-9-8(1)12-10(14-17-9)13-15-3-5-16-6-4-15/h1-2,7H,3-6H2,(H2,12,13,14). The molecule has 1 aromatic heterocycles. The number of hydrogen-bond acceptors (Lipinski definition) is 7. The van der Waals surface area contributed by atoms with E-state index in [1.165, 1.54) is 11.9 Å². The number of rotatable bonds is 1. The van der Waals surface area contributed by atoms with Crippen LogP contribution in [0.5, 0.6) is 0 Å². The fourth-order valence-corrected chi connectivity index (χ4v) is 2.29. The minimum atomic E-state index is 0.758. The van der Waals surface area contributed by atoms with E-state index in [1.807, 2.05) is 12.3 Å². The molecule has 1 aromatic rings. The highest BCUT2D eigenvalue weighted by atomic mass is 32.2. The molecule has 2 aliphatic rings. The second kappa shape index (κ2) is 4.91. The Labute approximate surface area is 104 Å². The van der Waals surface area contributed by atoms with E-state index in [0.29, 0.717) is 0 Å². The van der Waals surface area contributed by atoms with Gasteiger partial charge >= 0.3 is 0 Å². The number of guanidine groups is 1. The molecule has 0 aliphatic carbocycles. The number of fused-ring (bicyclic) bond motifs is 1. The van der Waals surface area contributed by atoms with Crippen LogP contribution in [0.15, 0.2) is 28.3 Å². The van der Waals surface area contributed by atoms with Crippen molar-refractivity contribution in [3.8, 4) is 0 Å². The second-order valence-electron chi connectivity index (χ2n) is 3.72. The lowest BCUT2D eigenvalue weighted by molar-refractivity contribution is 0.0245. The van der Waals surface area contributed by atoms with Crippen LogP contribution in [0.4, 0.5) is 5.69 Å². The van der Waals surface area contributed by atoms with Crippen molar-refractivity contribution in [2.45, 2.75) is 4.90 Å². The van der Waals surface area contributed by atoms with Crippen LogP contribution in [-0.4, -0.2) is 42.3 Å². The van der Waals surface area contributed by atoms with Crippen LogP contribution in [-0.2, 0) is 4.74 Å². The number of pyridine rings is 1. The number of hydrazine groups is 1. The maximum Gasteiger partial charge on any atom is 0.221 e. The Morgan fingerprint density at radius 2 is 2.29 bits per heavy atom. The normalized spacial score (nSPS) is 20.1. The molecule has 2 aliphatic heterocycles. The zero-order valence-electron chi connectivity index (χ0n) is 9.22. The summed E-state index contributed by atoms with van der Waals surface area (Å²) in [7, 11) is 0. The summed E-state index contributed by atoms with van der Waals surface area (Å²) in [6.45, 7) is 3.25. The quantitative estimate of drug-likeness (QED) is 0.709. The van der Waals surface area contributed by atoms with Crippen LogP contribution in [0.1, 0.15) is 0 Å². The van der Waals surface area contributed by atoms with Gasteiger partial charge in [-0.25, -0.2) is 10.0 Å².